The Kier molecular flexibility index (Phi) is 3.67. The van der Waals surface area contributed by atoms with Crippen LogP contribution in [-0.4, -0.2) is 12.0 Å². The third-order valence-electron chi connectivity index (χ3n) is 3.83. The molecule has 0 aliphatic rings. The molecule has 0 radical (unpaired) electrons. The number of benzene rings is 2. The summed E-state index contributed by atoms with van der Waals surface area (Å²) < 4.78 is 13.5. The standard InChI is InChI=1S/C18H17FN2/c1-12-10-13(6-7-17(12)19)18(20-2)16-5-3-4-14-11-21-9-8-15(14)16/h3-11,18,20H,1-2H3. The van der Waals surface area contributed by atoms with Crippen LogP contribution in [0, 0.1) is 12.7 Å². The fourth-order valence-electron chi connectivity index (χ4n) is 2.75. The number of aryl methyl sites for hydroxylation is 1. The molecule has 0 spiro atoms. The van der Waals surface area contributed by atoms with Crippen molar-refractivity contribution in [2.75, 3.05) is 7.05 Å². The number of nitrogens with one attached hydrogen (secondary N) is 1. The number of fused-ring (bicyclic) bond motifs is 1. The van der Waals surface area contributed by atoms with Crippen LogP contribution in [0.1, 0.15) is 22.7 Å². The van der Waals surface area contributed by atoms with E-state index in [2.05, 4.69) is 22.4 Å². The lowest BCUT2D eigenvalue weighted by Crippen LogP contribution is -2.18. The van der Waals surface area contributed by atoms with Crippen LogP contribution in [0.2, 0.25) is 0 Å². The Bertz CT molecular complexity index is 778. The van der Waals surface area contributed by atoms with Gasteiger partial charge in [-0.2, -0.15) is 0 Å². The van der Waals surface area contributed by atoms with Crippen molar-refractivity contribution in [1.82, 2.24) is 10.3 Å². The zero-order chi connectivity index (χ0) is 14.8. The van der Waals surface area contributed by atoms with E-state index in [1.807, 2.05) is 37.5 Å². The largest absolute Gasteiger partial charge is 0.309 e. The molecule has 3 aromatic rings. The minimum absolute atomic E-state index is 0.0235. The van der Waals surface area contributed by atoms with Gasteiger partial charge in [0.15, 0.2) is 0 Å². The molecular formula is C18H17FN2. The Balaban J connectivity index is 2.16. The molecule has 1 N–H and O–H groups in total. The van der Waals surface area contributed by atoms with Crippen molar-refractivity contribution in [3.63, 3.8) is 0 Å². The van der Waals surface area contributed by atoms with Gasteiger partial charge < -0.3 is 5.32 Å². The molecule has 0 aliphatic heterocycles. The van der Waals surface area contributed by atoms with E-state index in [-0.39, 0.29) is 11.9 Å². The van der Waals surface area contributed by atoms with Crippen LogP contribution in [0.15, 0.2) is 54.9 Å². The van der Waals surface area contributed by atoms with E-state index in [1.54, 1.807) is 13.1 Å². The lowest BCUT2D eigenvalue weighted by molar-refractivity contribution is 0.614. The monoisotopic (exact) mass is 280 g/mol. The molecule has 0 saturated carbocycles. The third-order valence-corrected chi connectivity index (χ3v) is 3.83. The molecule has 0 amide bonds. The van der Waals surface area contributed by atoms with Crippen molar-refractivity contribution in [1.29, 1.82) is 0 Å². The second-order valence-corrected chi connectivity index (χ2v) is 5.17. The van der Waals surface area contributed by atoms with Crippen molar-refractivity contribution >= 4 is 10.8 Å². The fourth-order valence-corrected chi connectivity index (χ4v) is 2.75. The molecule has 2 aromatic carbocycles. The van der Waals surface area contributed by atoms with E-state index in [9.17, 15) is 4.39 Å². The number of hydrogen-bond donors (Lipinski definition) is 1. The maximum absolute atomic E-state index is 13.5. The van der Waals surface area contributed by atoms with Crippen molar-refractivity contribution < 1.29 is 4.39 Å². The average molecular weight is 280 g/mol. The number of hydrogen-bond acceptors (Lipinski definition) is 2. The highest BCUT2D eigenvalue weighted by molar-refractivity contribution is 5.85. The maximum Gasteiger partial charge on any atom is 0.126 e. The first-order valence-corrected chi connectivity index (χ1v) is 6.96. The zero-order valence-corrected chi connectivity index (χ0v) is 12.1. The van der Waals surface area contributed by atoms with E-state index >= 15 is 0 Å². The summed E-state index contributed by atoms with van der Waals surface area (Å²) in [6.07, 6.45) is 3.66. The SMILES string of the molecule is CNC(c1ccc(F)c(C)c1)c1cccc2cnccc12. The first-order chi connectivity index (χ1) is 10.2. The summed E-state index contributed by atoms with van der Waals surface area (Å²) in [5, 5.41) is 5.60. The van der Waals surface area contributed by atoms with Crippen molar-refractivity contribution in [2.45, 2.75) is 13.0 Å². The summed E-state index contributed by atoms with van der Waals surface area (Å²) in [5.41, 5.74) is 2.89. The summed E-state index contributed by atoms with van der Waals surface area (Å²) in [7, 11) is 1.92. The van der Waals surface area contributed by atoms with Gasteiger partial charge in [0.05, 0.1) is 6.04 Å². The predicted octanol–water partition coefficient (Wildman–Crippen LogP) is 3.99. The van der Waals surface area contributed by atoms with Gasteiger partial charge in [-0.3, -0.25) is 4.98 Å². The van der Waals surface area contributed by atoms with E-state index < -0.39 is 0 Å². The molecular weight excluding hydrogens is 263 g/mol. The molecule has 0 bridgehead atoms. The highest BCUT2D eigenvalue weighted by atomic mass is 19.1. The van der Waals surface area contributed by atoms with E-state index in [0.29, 0.717) is 5.56 Å². The topological polar surface area (TPSA) is 24.9 Å². The summed E-state index contributed by atoms with van der Waals surface area (Å²) in [6.45, 7) is 1.79. The second kappa shape index (κ2) is 5.62. The van der Waals surface area contributed by atoms with Crippen LogP contribution in [-0.2, 0) is 0 Å². The van der Waals surface area contributed by atoms with Crippen LogP contribution < -0.4 is 5.32 Å². The zero-order valence-electron chi connectivity index (χ0n) is 12.1. The second-order valence-electron chi connectivity index (χ2n) is 5.17. The molecule has 1 atom stereocenters. The summed E-state index contributed by atoms with van der Waals surface area (Å²) in [4.78, 5) is 4.17. The highest BCUT2D eigenvalue weighted by Crippen LogP contribution is 2.29. The molecule has 2 nitrogen and oxygen atoms in total. The highest BCUT2D eigenvalue weighted by Gasteiger charge is 2.15. The lowest BCUT2D eigenvalue weighted by atomic mass is 9.93. The van der Waals surface area contributed by atoms with Gasteiger partial charge in [-0.05, 0) is 48.2 Å². The predicted molar refractivity (Wildman–Crippen MR) is 83.8 cm³/mol. The molecule has 106 valence electrons. The Labute approximate surface area is 123 Å². The van der Waals surface area contributed by atoms with Gasteiger partial charge in [-0.15, -0.1) is 0 Å². The quantitative estimate of drug-likeness (QED) is 0.784. The number of nitrogens with zero attached hydrogens (tertiary/aromatic N) is 1. The number of rotatable bonds is 3. The van der Waals surface area contributed by atoms with Crippen LogP contribution in [0.3, 0.4) is 0 Å². The first-order valence-electron chi connectivity index (χ1n) is 6.96. The number of aromatic nitrogens is 1. The fraction of sp³-hybridized carbons (Fsp3) is 0.167. The van der Waals surface area contributed by atoms with Crippen molar-refractivity contribution in [3.05, 3.63) is 77.4 Å². The minimum atomic E-state index is -0.171. The minimum Gasteiger partial charge on any atom is -0.309 e. The molecule has 0 fully saturated rings. The molecule has 0 saturated heterocycles. The maximum atomic E-state index is 13.5. The van der Waals surface area contributed by atoms with E-state index in [4.69, 9.17) is 0 Å². The molecule has 21 heavy (non-hydrogen) atoms. The lowest BCUT2D eigenvalue weighted by Gasteiger charge is -2.20. The Morgan fingerprint density at radius 1 is 1.14 bits per heavy atom. The van der Waals surface area contributed by atoms with Gasteiger partial charge in [0, 0.05) is 17.8 Å². The summed E-state index contributed by atoms with van der Waals surface area (Å²) >= 11 is 0. The normalized spacial score (nSPS) is 12.5. The third kappa shape index (κ3) is 2.52. The smallest absolute Gasteiger partial charge is 0.126 e. The van der Waals surface area contributed by atoms with E-state index in [1.165, 1.54) is 11.6 Å². The van der Waals surface area contributed by atoms with Gasteiger partial charge in [0.25, 0.3) is 0 Å². The number of halogens is 1. The first kappa shape index (κ1) is 13.7. The van der Waals surface area contributed by atoms with Crippen LogP contribution in [0.4, 0.5) is 4.39 Å². The van der Waals surface area contributed by atoms with Gasteiger partial charge in [-0.1, -0.05) is 30.3 Å². The summed E-state index contributed by atoms with van der Waals surface area (Å²) in [5.74, 6) is -0.171. The number of pyridine rings is 1. The molecule has 1 unspecified atom stereocenters. The van der Waals surface area contributed by atoms with Gasteiger partial charge >= 0.3 is 0 Å². The molecule has 3 rings (SSSR count). The van der Waals surface area contributed by atoms with Crippen LogP contribution in [0.25, 0.3) is 10.8 Å². The van der Waals surface area contributed by atoms with Crippen molar-refractivity contribution in [3.8, 4) is 0 Å². The van der Waals surface area contributed by atoms with Crippen LogP contribution in [0.5, 0.6) is 0 Å². The molecule has 3 heteroatoms. The average Bonchev–Trinajstić information content (AvgIpc) is 2.52. The Morgan fingerprint density at radius 2 is 2.00 bits per heavy atom. The molecule has 0 aliphatic carbocycles. The summed E-state index contributed by atoms with van der Waals surface area (Å²) in [6, 6.07) is 13.5. The Hall–Kier alpha value is -2.26. The molecule has 1 aromatic heterocycles. The Morgan fingerprint density at radius 3 is 2.76 bits per heavy atom. The van der Waals surface area contributed by atoms with Gasteiger partial charge in [0.1, 0.15) is 5.82 Å². The van der Waals surface area contributed by atoms with E-state index in [0.717, 1.165) is 16.3 Å². The van der Waals surface area contributed by atoms with Gasteiger partial charge in [0.2, 0.25) is 0 Å². The van der Waals surface area contributed by atoms with Crippen LogP contribution >= 0.6 is 0 Å². The van der Waals surface area contributed by atoms with Crippen molar-refractivity contribution in [2.24, 2.45) is 0 Å². The molecule has 1 heterocycles. The van der Waals surface area contributed by atoms with Gasteiger partial charge in [-0.25, -0.2) is 4.39 Å².